The largest absolute Gasteiger partial charge is 0.391 e. The fraction of sp³-hybridized carbons (Fsp3) is 0.538. The zero-order chi connectivity index (χ0) is 11.4. The van der Waals surface area contributed by atoms with Crippen molar-refractivity contribution in [2.75, 3.05) is 19.0 Å². The van der Waals surface area contributed by atoms with Crippen LogP contribution in [0.25, 0.3) is 0 Å². The van der Waals surface area contributed by atoms with Crippen molar-refractivity contribution in [3.8, 4) is 0 Å². The third-order valence-electron chi connectivity index (χ3n) is 3.25. The molecule has 1 aliphatic heterocycles. The Bertz CT molecular complexity index is 317. The summed E-state index contributed by atoms with van der Waals surface area (Å²) in [6, 6.07) is 10.4. The summed E-state index contributed by atoms with van der Waals surface area (Å²) in [6.07, 6.45) is 0.729. The van der Waals surface area contributed by atoms with Crippen molar-refractivity contribution in [3.63, 3.8) is 0 Å². The molecule has 88 valence electrons. The molecule has 0 amide bonds. The van der Waals surface area contributed by atoms with E-state index in [0.717, 1.165) is 26.1 Å². The number of piperidine rings is 1. The van der Waals surface area contributed by atoms with Gasteiger partial charge < -0.3 is 5.11 Å². The lowest BCUT2D eigenvalue weighted by atomic mass is 9.95. The second-order valence-electron chi connectivity index (χ2n) is 4.49. The van der Waals surface area contributed by atoms with Crippen LogP contribution in [0.5, 0.6) is 0 Å². The van der Waals surface area contributed by atoms with E-state index in [4.69, 9.17) is 11.6 Å². The van der Waals surface area contributed by atoms with Crippen LogP contribution in [-0.2, 0) is 6.54 Å². The molecule has 0 aromatic heterocycles. The van der Waals surface area contributed by atoms with Gasteiger partial charge in [0.05, 0.1) is 6.10 Å². The summed E-state index contributed by atoms with van der Waals surface area (Å²) in [5.41, 5.74) is 1.30. The van der Waals surface area contributed by atoms with Gasteiger partial charge in [-0.3, -0.25) is 4.90 Å². The number of hydrogen-bond acceptors (Lipinski definition) is 2. The normalized spacial score (nSPS) is 26.9. The van der Waals surface area contributed by atoms with Gasteiger partial charge in [-0.2, -0.15) is 0 Å². The van der Waals surface area contributed by atoms with Crippen LogP contribution in [0.2, 0.25) is 0 Å². The number of nitrogens with zero attached hydrogens (tertiary/aromatic N) is 1. The summed E-state index contributed by atoms with van der Waals surface area (Å²) in [4.78, 5) is 2.29. The van der Waals surface area contributed by atoms with E-state index in [1.165, 1.54) is 5.56 Å². The fourth-order valence-corrected chi connectivity index (χ4v) is 2.57. The number of likely N-dealkylation sites (tertiary alicyclic amines) is 1. The van der Waals surface area contributed by atoms with Crippen molar-refractivity contribution in [1.82, 2.24) is 4.90 Å². The van der Waals surface area contributed by atoms with Gasteiger partial charge in [-0.25, -0.2) is 0 Å². The van der Waals surface area contributed by atoms with Gasteiger partial charge in [0.1, 0.15) is 0 Å². The zero-order valence-electron chi connectivity index (χ0n) is 9.35. The summed E-state index contributed by atoms with van der Waals surface area (Å²) in [7, 11) is 0. The highest BCUT2D eigenvalue weighted by Gasteiger charge is 2.26. The van der Waals surface area contributed by atoms with E-state index >= 15 is 0 Å². The molecule has 1 saturated heterocycles. The number of halogens is 1. The van der Waals surface area contributed by atoms with E-state index < -0.39 is 0 Å². The first-order valence-electron chi connectivity index (χ1n) is 5.80. The Morgan fingerprint density at radius 1 is 1.31 bits per heavy atom. The summed E-state index contributed by atoms with van der Waals surface area (Å²) in [5.74, 6) is 0.842. The smallest absolute Gasteiger partial charge is 0.0707 e. The Hall–Kier alpha value is -0.570. The van der Waals surface area contributed by atoms with E-state index in [1.807, 2.05) is 6.07 Å². The van der Waals surface area contributed by atoms with Crippen molar-refractivity contribution < 1.29 is 5.11 Å². The van der Waals surface area contributed by atoms with Crippen LogP contribution in [-0.4, -0.2) is 35.1 Å². The van der Waals surface area contributed by atoms with Crippen molar-refractivity contribution in [2.45, 2.75) is 19.1 Å². The van der Waals surface area contributed by atoms with Crippen LogP contribution < -0.4 is 0 Å². The summed E-state index contributed by atoms with van der Waals surface area (Å²) < 4.78 is 0. The van der Waals surface area contributed by atoms with Gasteiger partial charge in [0.15, 0.2) is 0 Å². The molecular weight excluding hydrogens is 222 g/mol. The first-order chi connectivity index (χ1) is 7.79. The van der Waals surface area contributed by atoms with Crippen LogP contribution in [0.15, 0.2) is 30.3 Å². The SMILES string of the molecule is O[C@H]1CN(Cc2ccccc2)CC[C@H]1CCl. The standard InChI is InChI=1S/C13H18ClNO/c14-8-12-6-7-15(10-13(12)16)9-11-4-2-1-3-5-11/h1-5,12-13,16H,6-10H2/t12-,13-/m0/s1. The van der Waals surface area contributed by atoms with Crippen LogP contribution in [0.1, 0.15) is 12.0 Å². The van der Waals surface area contributed by atoms with Crippen LogP contribution >= 0.6 is 11.6 Å². The van der Waals surface area contributed by atoms with Gasteiger partial charge >= 0.3 is 0 Å². The third-order valence-corrected chi connectivity index (χ3v) is 3.65. The molecule has 0 saturated carbocycles. The van der Waals surface area contributed by atoms with Crippen LogP contribution in [0.3, 0.4) is 0 Å². The number of β-amino-alcohol motifs (C(OH)–C–C–N with tert-alkyl or cyclic N) is 1. The Balaban J connectivity index is 1.89. The van der Waals surface area contributed by atoms with E-state index in [-0.39, 0.29) is 12.0 Å². The molecule has 1 N–H and O–H groups in total. The average molecular weight is 240 g/mol. The maximum Gasteiger partial charge on any atom is 0.0707 e. The molecule has 0 bridgehead atoms. The number of hydrogen-bond donors (Lipinski definition) is 1. The Morgan fingerprint density at radius 3 is 2.69 bits per heavy atom. The maximum absolute atomic E-state index is 9.89. The van der Waals surface area contributed by atoms with Crippen molar-refractivity contribution >= 4 is 11.6 Å². The van der Waals surface area contributed by atoms with Gasteiger partial charge in [-0.05, 0) is 18.5 Å². The Morgan fingerprint density at radius 2 is 2.06 bits per heavy atom. The molecule has 3 heteroatoms. The minimum Gasteiger partial charge on any atom is -0.391 e. The van der Waals surface area contributed by atoms with Crippen molar-refractivity contribution in [3.05, 3.63) is 35.9 Å². The number of aliphatic hydroxyl groups excluding tert-OH is 1. The van der Waals surface area contributed by atoms with Crippen molar-refractivity contribution in [1.29, 1.82) is 0 Å². The summed E-state index contributed by atoms with van der Waals surface area (Å²) in [6.45, 7) is 2.70. The maximum atomic E-state index is 9.89. The Kier molecular flexibility index (Phi) is 4.22. The first kappa shape index (κ1) is 11.9. The molecule has 0 unspecified atom stereocenters. The predicted molar refractivity (Wildman–Crippen MR) is 66.6 cm³/mol. The second kappa shape index (κ2) is 5.67. The quantitative estimate of drug-likeness (QED) is 0.817. The zero-order valence-corrected chi connectivity index (χ0v) is 10.1. The highest BCUT2D eigenvalue weighted by Crippen LogP contribution is 2.20. The minimum absolute atomic E-state index is 0.269. The van der Waals surface area contributed by atoms with Gasteiger partial charge in [-0.1, -0.05) is 30.3 Å². The molecule has 0 aliphatic carbocycles. The number of alkyl halides is 1. The van der Waals surface area contributed by atoms with E-state index in [2.05, 4.69) is 29.2 Å². The molecule has 1 aromatic carbocycles. The molecule has 16 heavy (non-hydrogen) atoms. The third kappa shape index (κ3) is 2.97. The molecule has 2 rings (SSSR count). The Labute approximate surface area is 102 Å². The van der Waals surface area contributed by atoms with Crippen molar-refractivity contribution in [2.24, 2.45) is 5.92 Å². The van der Waals surface area contributed by atoms with Crippen LogP contribution in [0.4, 0.5) is 0 Å². The molecule has 1 heterocycles. The number of aliphatic hydroxyl groups is 1. The van der Waals surface area contributed by atoms with E-state index in [9.17, 15) is 5.11 Å². The summed E-state index contributed by atoms with van der Waals surface area (Å²) >= 11 is 5.80. The molecule has 2 atom stereocenters. The van der Waals surface area contributed by atoms with Gasteiger partial charge in [0.2, 0.25) is 0 Å². The monoisotopic (exact) mass is 239 g/mol. The number of rotatable bonds is 3. The lowest BCUT2D eigenvalue weighted by Gasteiger charge is -2.35. The first-order valence-corrected chi connectivity index (χ1v) is 6.33. The molecular formula is C13H18ClNO. The van der Waals surface area contributed by atoms with Gasteiger partial charge in [-0.15, -0.1) is 11.6 Å². The lowest BCUT2D eigenvalue weighted by molar-refractivity contribution is 0.0273. The molecule has 1 aliphatic rings. The molecule has 1 fully saturated rings. The lowest BCUT2D eigenvalue weighted by Crippen LogP contribution is -2.43. The average Bonchev–Trinajstić information content (AvgIpc) is 2.31. The van der Waals surface area contributed by atoms with E-state index in [1.54, 1.807) is 0 Å². The van der Waals surface area contributed by atoms with E-state index in [0.29, 0.717) is 5.88 Å². The van der Waals surface area contributed by atoms with Crippen LogP contribution in [0, 0.1) is 5.92 Å². The topological polar surface area (TPSA) is 23.5 Å². The van der Waals surface area contributed by atoms with Gasteiger partial charge in [0, 0.05) is 24.9 Å². The highest BCUT2D eigenvalue weighted by atomic mass is 35.5. The fourth-order valence-electron chi connectivity index (χ4n) is 2.21. The van der Waals surface area contributed by atoms with Gasteiger partial charge in [0.25, 0.3) is 0 Å². The highest BCUT2D eigenvalue weighted by molar-refractivity contribution is 6.18. The predicted octanol–water partition coefficient (Wildman–Crippen LogP) is 2.11. The minimum atomic E-state index is -0.269. The number of benzene rings is 1. The molecule has 0 radical (unpaired) electrons. The molecule has 1 aromatic rings. The second-order valence-corrected chi connectivity index (χ2v) is 4.80. The molecule has 2 nitrogen and oxygen atoms in total. The summed E-state index contributed by atoms with van der Waals surface area (Å²) in [5, 5.41) is 9.89. The molecule has 0 spiro atoms.